The van der Waals surface area contributed by atoms with Crippen molar-refractivity contribution in [1.29, 1.82) is 0 Å². The molecule has 1 heterocycles. The summed E-state index contributed by atoms with van der Waals surface area (Å²) in [4.78, 5) is 0. The highest BCUT2D eigenvalue weighted by atomic mass is 15.5. The van der Waals surface area contributed by atoms with Crippen LogP contribution < -0.4 is 10.3 Å². The minimum Gasteiger partial charge on any atom is -0.381 e. The average Bonchev–Trinajstić information content (AvgIpc) is 3.28. The van der Waals surface area contributed by atoms with Crippen molar-refractivity contribution >= 4 is 17.1 Å². The molecule has 0 saturated heterocycles. The van der Waals surface area contributed by atoms with Crippen LogP contribution in [-0.2, 0) is 6.54 Å². The largest absolute Gasteiger partial charge is 0.381 e. The van der Waals surface area contributed by atoms with Crippen molar-refractivity contribution in [3.8, 4) is 0 Å². The van der Waals surface area contributed by atoms with E-state index in [1.165, 1.54) is 60.0 Å². The predicted molar refractivity (Wildman–Crippen MR) is 164 cm³/mol. The van der Waals surface area contributed by atoms with Crippen molar-refractivity contribution in [1.82, 2.24) is 0 Å². The summed E-state index contributed by atoms with van der Waals surface area (Å²) in [5.41, 5.74) is 8.48. The van der Waals surface area contributed by atoms with E-state index in [1.54, 1.807) is 0 Å². The molecule has 1 aliphatic heterocycles. The number of nitrogens with one attached hydrogen (secondary N) is 1. The van der Waals surface area contributed by atoms with E-state index in [0.29, 0.717) is 0 Å². The smallest absolute Gasteiger partial charge is 0.0882 e. The molecule has 3 nitrogen and oxygen atoms in total. The second kappa shape index (κ2) is 11.1. The lowest BCUT2D eigenvalue weighted by atomic mass is 9.75. The molecule has 4 aromatic carbocycles. The monoisotopic (exact) mass is 513 g/mol. The summed E-state index contributed by atoms with van der Waals surface area (Å²) in [6.45, 7) is 5.43. The standard InChI is InChI=1S/C36H39N3/c1-36(2)34(30-14-8-4-9-15-30)38-39(35(36)31-16-10-5-11-17-31)33-24-18-27(19-25-33)26-37-32-22-20-29(21-23-32)28-12-6-3-7-13-28/h4-5,8-11,14-25,28,35,37H,3,6-7,12-13,26H2,1-2H3/t35-/m1/s1. The molecule has 0 spiro atoms. The molecular formula is C36H39N3. The fraction of sp³-hybridized carbons (Fsp3) is 0.306. The molecule has 1 fully saturated rings. The molecule has 0 bridgehead atoms. The van der Waals surface area contributed by atoms with Crippen LogP contribution in [0, 0.1) is 5.41 Å². The topological polar surface area (TPSA) is 27.6 Å². The van der Waals surface area contributed by atoms with Crippen LogP contribution >= 0.6 is 0 Å². The van der Waals surface area contributed by atoms with Gasteiger partial charge < -0.3 is 5.32 Å². The Morgan fingerprint density at radius 3 is 2.03 bits per heavy atom. The SMILES string of the molecule is CC1(C)C(c2ccccc2)=NN(c2ccc(CNc3ccc(C4CCCCC4)cc3)cc2)[C@@H]1c1ccccc1. The van der Waals surface area contributed by atoms with Gasteiger partial charge in [0.05, 0.1) is 17.4 Å². The van der Waals surface area contributed by atoms with Gasteiger partial charge in [-0.15, -0.1) is 0 Å². The second-order valence-electron chi connectivity index (χ2n) is 11.7. The summed E-state index contributed by atoms with van der Waals surface area (Å²) in [5, 5.41) is 11.1. The first-order valence-electron chi connectivity index (χ1n) is 14.5. The zero-order valence-electron chi connectivity index (χ0n) is 23.2. The molecular weight excluding hydrogens is 474 g/mol. The second-order valence-corrected chi connectivity index (χ2v) is 11.7. The van der Waals surface area contributed by atoms with Crippen molar-refractivity contribution in [2.45, 2.75) is 64.5 Å². The lowest BCUT2D eigenvalue weighted by Gasteiger charge is -2.33. The van der Waals surface area contributed by atoms with Gasteiger partial charge in [-0.25, -0.2) is 0 Å². The summed E-state index contributed by atoms with van der Waals surface area (Å²) in [7, 11) is 0. The summed E-state index contributed by atoms with van der Waals surface area (Å²) < 4.78 is 0. The Morgan fingerprint density at radius 1 is 0.718 bits per heavy atom. The van der Waals surface area contributed by atoms with Crippen molar-refractivity contribution < 1.29 is 0 Å². The molecule has 0 aromatic heterocycles. The van der Waals surface area contributed by atoms with E-state index in [4.69, 9.17) is 5.10 Å². The first-order chi connectivity index (χ1) is 19.1. The summed E-state index contributed by atoms with van der Waals surface area (Å²) in [6.07, 6.45) is 6.84. The van der Waals surface area contributed by atoms with E-state index in [9.17, 15) is 0 Å². The number of nitrogens with zero attached hydrogens (tertiary/aromatic N) is 2. The van der Waals surface area contributed by atoms with Gasteiger partial charge >= 0.3 is 0 Å². The maximum atomic E-state index is 5.24. The van der Waals surface area contributed by atoms with Gasteiger partial charge in [0.2, 0.25) is 0 Å². The van der Waals surface area contributed by atoms with E-state index in [1.807, 2.05) is 0 Å². The van der Waals surface area contributed by atoms with Gasteiger partial charge in [-0.05, 0) is 65.3 Å². The van der Waals surface area contributed by atoms with E-state index < -0.39 is 0 Å². The average molecular weight is 514 g/mol. The van der Waals surface area contributed by atoms with Crippen LogP contribution in [0.5, 0.6) is 0 Å². The Hall–Kier alpha value is -3.85. The molecule has 0 amide bonds. The van der Waals surface area contributed by atoms with Crippen LogP contribution in [0.2, 0.25) is 0 Å². The zero-order chi connectivity index (χ0) is 26.7. The maximum absolute atomic E-state index is 5.24. The predicted octanol–water partition coefficient (Wildman–Crippen LogP) is 9.34. The Balaban J connectivity index is 1.20. The minimum absolute atomic E-state index is 0.112. The van der Waals surface area contributed by atoms with Crippen molar-refractivity contribution in [2.24, 2.45) is 10.5 Å². The van der Waals surface area contributed by atoms with Gasteiger partial charge in [-0.2, -0.15) is 5.10 Å². The van der Waals surface area contributed by atoms with E-state index >= 15 is 0 Å². The van der Waals surface area contributed by atoms with E-state index in [2.05, 4.69) is 133 Å². The highest BCUT2D eigenvalue weighted by molar-refractivity contribution is 6.07. The molecule has 3 heteroatoms. The normalized spacial score (nSPS) is 19.1. The summed E-state index contributed by atoms with van der Waals surface area (Å²) in [5.74, 6) is 0.751. The van der Waals surface area contributed by atoms with Crippen LogP contribution in [0.3, 0.4) is 0 Å². The van der Waals surface area contributed by atoms with Gasteiger partial charge in [0.15, 0.2) is 0 Å². The molecule has 0 radical (unpaired) electrons. The lowest BCUT2D eigenvalue weighted by molar-refractivity contribution is 0.425. The fourth-order valence-corrected chi connectivity index (χ4v) is 6.44. The Kier molecular flexibility index (Phi) is 7.24. The highest BCUT2D eigenvalue weighted by Gasteiger charge is 2.46. The van der Waals surface area contributed by atoms with Gasteiger partial charge in [-0.1, -0.05) is 118 Å². The molecule has 198 valence electrons. The van der Waals surface area contributed by atoms with Crippen LogP contribution in [0.15, 0.2) is 114 Å². The first-order valence-corrected chi connectivity index (χ1v) is 14.5. The first kappa shape index (κ1) is 25.4. The van der Waals surface area contributed by atoms with Gasteiger partial charge in [0.25, 0.3) is 0 Å². The summed E-state index contributed by atoms with van der Waals surface area (Å²) >= 11 is 0. The highest BCUT2D eigenvalue weighted by Crippen LogP contribution is 2.48. The molecule has 1 N–H and O–H groups in total. The quantitative estimate of drug-likeness (QED) is 0.267. The molecule has 6 rings (SSSR count). The third kappa shape index (κ3) is 5.36. The van der Waals surface area contributed by atoms with Crippen LogP contribution in [0.4, 0.5) is 11.4 Å². The van der Waals surface area contributed by atoms with Gasteiger partial charge in [0, 0.05) is 17.6 Å². The Morgan fingerprint density at radius 2 is 1.36 bits per heavy atom. The molecule has 4 aromatic rings. The third-order valence-corrected chi connectivity index (χ3v) is 8.59. The Labute approximate surface area is 233 Å². The van der Waals surface area contributed by atoms with Crippen molar-refractivity contribution in [3.05, 3.63) is 131 Å². The van der Waals surface area contributed by atoms with Gasteiger partial charge in [-0.3, -0.25) is 5.01 Å². The van der Waals surface area contributed by atoms with Crippen LogP contribution in [-0.4, -0.2) is 5.71 Å². The molecule has 1 saturated carbocycles. The van der Waals surface area contributed by atoms with E-state index in [-0.39, 0.29) is 11.5 Å². The fourth-order valence-electron chi connectivity index (χ4n) is 6.44. The molecule has 2 aliphatic rings. The molecule has 1 aliphatic carbocycles. The maximum Gasteiger partial charge on any atom is 0.0882 e. The molecule has 1 atom stereocenters. The number of anilines is 2. The van der Waals surface area contributed by atoms with Gasteiger partial charge in [0.1, 0.15) is 0 Å². The lowest BCUT2D eigenvalue weighted by Crippen LogP contribution is -2.32. The minimum atomic E-state index is -0.160. The molecule has 0 unspecified atom stereocenters. The molecule has 39 heavy (non-hydrogen) atoms. The van der Waals surface area contributed by atoms with Crippen LogP contribution in [0.25, 0.3) is 0 Å². The number of hydrogen-bond donors (Lipinski definition) is 1. The third-order valence-electron chi connectivity index (χ3n) is 8.59. The van der Waals surface area contributed by atoms with E-state index in [0.717, 1.165) is 23.9 Å². The van der Waals surface area contributed by atoms with Crippen molar-refractivity contribution in [2.75, 3.05) is 10.3 Å². The number of hydrogen-bond acceptors (Lipinski definition) is 3. The van der Waals surface area contributed by atoms with Crippen LogP contribution in [0.1, 0.15) is 80.2 Å². The summed E-state index contributed by atoms with van der Waals surface area (Å²) in [6, 6.07) is 39.5. The Bertz CT molecular complexity index is 1380. The number of rotatable bonds is 7. The zero-order valence-corrected chi connectivity index (χ0v) is 23.2. The number of hydrazone groups is 1. The van der Waals surface area contributed by atoms with Crippen molar-refractivity contribution in [3.63, 3.8) is 0 Å². The number of benzene rings is 4.